The molecule has 162 valence electrons. The van der Waals surface area contributed by atoms with Gasteiger partial charge in [0.25, 0.3) is 0 Å². The molecule has 0 unspecified atom stereocenters. The van der Waals surface area contributed by atoms with Crippen LogP contribution >= 0.6 is 0 Å². The number of allylic oxidation sites excluding steroid dienone is 5. The zero-order chi connectivity index (χ0) is 21.2. The predicted octanol–water partition coefficient (Wildman–Crippen LogP) is 5.38. The maximum Gasteiger partial charge on any atom is 0.0809 e. The summed E-state index contributed by atoms with van der Waals surface area (Å²) in [6.07, 6.45) is 15.9. The Morgan fingerprint density at radius 3 is 2.48 bits per heavy atom. The largest absolute Gasteiger partial charge is 0.390 e. The first-order valence-electron chi connectivity index (χ1n) is 11.5. The predicted molar refractivity (Wildman–Crippen MR) is 119 cm³/mol. The van der Waals surface area contributed by atoms with E-state index < -0.39 is 17.8 Å². The van der Waals surface area contributed by atoms with Gasteiger partial charge in [0, 0.05) is 0 Å². The van der Waals surface area contributed by atoms with Crippen LogP contribution in [0.15, 0.2) is 47.1 Å². The maximum absolute atomic E-state index is 10.1. The molecule has 0 spiro atoms. The molecule has 3 heteroatoms. The van der Waals surface area contributed by atoms with E-state index in [0.29, 0.717) is 24.3 Å². The highest BCUT2D eigenvalue weighted by molar-refractivity contribution is 5.33. The first kappa shape index (κ1) is 22.5. The van der Waals surface area contributed by atoms with Crippen LogP contribution in [0, 0.1) is 11.3 Å². The van der Waals surface area contributed by atoms with Gasteiger partial charge < -0.3 is 15.3 Å². The summed E-state index contributed by atoms with van der Waals surface area (Å²) >= 11 is 0. The minimum absolute atomic E-state index is 0.275. The number of rotatable bonds is 5. The van der Waals surface area contributed by atoms with Crippen molar-refractivity contribution < 1.29 is 15.3 Å². The van der Waals surface area contributed by atoms with E-state index in [1.54, 1.807) is 11.1 Å². The normalized spacial score (nSPS) is 36.0. The van der Waals surface area contributed by atoms with Gasteiger partial charge in [-0.1, -0.05) is 48.5 Å². The van der Waals surface area contributed by atoms with Gasteiger partial charge in [-0.15, -0.1) is 0 Å². The van der Waals surface area contributed by atoms with Crippen LogP contribution in [0.2, 0.25) is 0 Å². The molecule has 3 fully saturated rings. The molecule has 0 aliphatic heterocycles. The molecule has 4 atom stereocenters. The standard InChI is InChI=1S/C26H40O3/c1-18-23(27)16-19(17-24(18)28)10-11-20-8-7-15-26(4)21(12-13-22(20)26)9-5-6-14-25(2,3)29/h9-11,22-24,27-29H,1,5-8,12-17H2,2-4H3/b20-11+,21-9-/t22-,23+,24+,26+/m0/s1. The van der Waals surface area contributed by atoms with Crippen LogP contribution in [-0.4, -0.2) is 33.1 Å². The molecule has 0 aromatic carbocycles. The molecule has 0 radical (unpaired) electrons. The molecule has 29 heavy (non-hydrogen) atoms. The number of hydrogen-bond donors (Lipinski definition) is 3. The van der Waals surface area contributed by atoms with E-state index in [0.717, 1.165) is 31.3 Å². The second-order valence-corrected chi connectivity index (χ2v) is 10.4. The lowest BCUT2D eigenvalue weighted by molar-refractivity contribution is 0.0691. The van der Waals surface area contributed by atoms with Crippen LogP contribution in [0.25, 0.3) is 0 Å². The van der Waals surface area contributed by atoms with Crippen molar-refractivity contribution in [2.24, 2.45) is 11.3 Å². The minimum atomic E-state index is -0.620. The Balaban J connectivity index is 1.69. The molecule has 0 aromatic heterocycles. The van der Waals surface area contributed by atoms with Gasteiger partial charge in [0.1, 0.15) is 0 Å². The zero-order valence-corrected chi connectivity index (χ0v) is 18.6. The monoisotopic (exact) mass is 400 g/mol. The molecule has 0 heterocycles. The summed E-state index contributed by atoms with van der Waals surface area (Å²) in [7, 11) is 0. The first-order chi connectivity index (χ1) is 13.6. The molecule has 3 aliphatic rings. The van der Waals surface area contributed by atoms with Gasteiger partial charge in [0.15, 0.2) is 0 Å². The first-order valence-corrected chi connectivity index (χ1v) is 11.5. The van der Waals surface area contributed by atoms with Crippen LogP contribution in [0.4, 0.5) is 0 Å². The van der Waals surface area contributed by atoms with E-state index in [1.165, 1.54) is 25.7 Å². The Bertz CT molecular complexity index is 690. The molecule has 0 amide bonds. The highest BCUT2D eigenvalue weighted by atomic mass is 16.3. The van der Waals surface area contributed by atoms with Gasteiger partial charge in [-0.05, 0) is 95.0 Å². The topological polar surface area (TPSA) is 60.7 Å². The van der Waals surface area contributed by atoms with Crippen LogP contribution in [0.1, 0.15) is 85.0 Å². The van der Waals surface area contributed by atoms with E-state index in [2.05, 4.69) is 31.7 Å². The number of unbranched alkanes of at least 4 members (excludes halogenated alkanes) is 1. The van der Waals surface area contributed by atoms with Crippen LogP contribution in [0.5, 0.6) is 0 Å². The lowest BCUT2D eigenvalue weighted by Gasteiger charge is -2.39. The molecule has 0 bridgehead atoms. The van der Waals surface area contributed by atoms with E-state index >= 15 is 0 Å². The van der Waals surface area contributed by atoms with E-state index in [9.17, 15) is 15.3 Å². The van der Waals surface area contributed by atoms with E-state index in [-0.39, 0.29) is 5.41 Å². The number of fused-ring (bicyclic) bond motifs is 1. The van der Waals surface area contributed by atoms with E-state index in [4.69, 9.17) is 0 Å². The SMILES string of the molecule is C=C1[C@H](O)CC(=C/C=C2\CCC[C@]3(C)/C(=C\CCCC(C)(C)O)CC[C@@H]23)C[C@H]1O. The molecular weight excluding hydrogens is 360 g/mol. The van der Waals surface area contributed by atoms with E-state index in [1.807, 2.05) is 13.8 Å². The molecule has 3 rings (SSSR count). The Kier molecular flexibility index (Phi) is 6.92. The van der Waals surface area contributed by atoms with Crippen molar-refractivity contribution in [2.75, 3.05) is 0 Å². The summed E-state index contributed by atoms with van der Waals surface area (Å²) in [6, 6.07) is 0. The van der Waals surface area contributed by atoms with Crippen molar-refractivity contribution in [2.45, 2.75) is 103 Å². The second-order valence-electron chi connectivity index (χ2n) is 10.4. The van der Waals surface area contributed by atoms with Crippen molar-refractivity contribution in [1.82, 2.24) is 0 Å². The average Bonchev–Trinajstić information content (AvgIpc) is 2.97. The fraction of sp³-hybridized carbons (Fsp3) is 0.692. The fourth-order valence-electron chi connectivity index (χ4n) is 5.66. The fourth-order valence-corrected chi connectivity index (χ4v) is 5.66. The molecule has 0 saturated heterocycles. The number of aliphatic hydroxyl groups is 3. The zero-order valence-electron chi connectivity index (χ0n) is 18.6. The summed E-state index contributed by atoms with van der Waals surface area (Å²) in [5.41, 5.74) is 4.54. The molecule has 3 N–H and O–H groups in total. The highest BCUT2D eigenvalue weighted by Gasteiger charge is 2.45. The van der Waals surface area contributed by atoms with Crippen LogP contribution in [-0.2, 0) is 0 Å². The molecular formula is C26H40O3. The van der Waals surface area contributed by atoms with Gasteiger partial charge in [-0.3, -0.25) is 0 Å². The van der Waals surface area contributed by atoms with Crippen molar-refractivity contribution in [1.29, 1.82) is 0 Å². The second kappa shape index (κ2) is 8.91. The Morgan fingerprint density at radius 1 is 1.14 bits per heavy atom. The van der Waals surface area contributed by atoms with Gasteiger partial charge in [-0.2, -0.15) is 0 Å². The van der Waals surface area contributed by atoms with Crippen molar-refractivity contribution in [3.63, 3.8) is 0 Å². The molecule has 3 nitrogen and oxygen atoms in total. The molecule has 3 aliphatic carbocycles. The lowest BCUT2D eigenvalue weighted by atomic mass is 9.65. The smallest absolute Gasteiger partial charge is 0.0809 e. The Hall–Kier alpha value is -1.16. The number of hydrogen-bond acceptors (Lipinski definition) is 3. The Morgan fingerprint density at radius 2 is 1.83 bits per heavy atom. The lowest BCUT2D eigenvalue weighted by Crippen LogP contribution is -2.29. The summed E-state index contributed by atoms with van der Waals surface area (Å²) in [5.74, 6) is 0.613. The van der Waals surface area contributed by atoms with Crippen molar-refractivity contribution >= 4 is 0 Å². The van der Waals surface area contributed by atoms with Gasteiger partial charge in [-0.25, -0.2) is 0 Å². The summed E-state index contributed by atoms with van der Waals surface area (Å²) in [4.78, 5) is 0. The average molecular weight is 401 g/mol. The highest BCUT2D eigenvalue weighted by Crippen LogP contribution is 2.57. The van der Waals surface area contributed by atoms with Crippen molar-refractivity contribution in [3.05, 3.63) is 47.1 Å². The molecule has 3 saturated carbocycles. The third-order valence-electron chi connectivity index (χ3n) is 7.50. The summed E-state index contributed by atoms with van der Waals surface area (Å²) < 4.78 is 0. The van der Waals surface area contributed by atoms with Gasteiger partial charge in [0.2, 0.25) is 0 Å². The maximum atomic E-state index is 10.1. The summed E-state index contributed by atoms with van der Waals surface area (Å²) in [5, 5.41) is 30.1. The van der Waals surface area contributed by atoms with Crippen molar-refractivity contribution in [3.8, 4) is 0 Å². The summed E-state index contributed by atoms with van der Waals surface area (Å²) in [6.45, 7) is 10.0. The van der Waals surface area contributed by atoms with Crippen LogP contribution in [0.3, 0.4) is 0 Å². The number of aliphatic hydroxyl groups excluding tert-OH is 2. The van der Waals surface area contributed by atoms with Crippen LogP contribution < -0.4 is 0 Å². The van der Waals surface area contributed by atoms with Gasteiger partial charge in [0.05, 0.1) is 17.8 Å². The quantitative estimate of drug-likeness (QED) is 0.429. The Labute approximate surface area is 176 Å². The third kappa shape index (κ3) is 5.31. The minimum Gasteiger partial charge on any atom is -0.390 e. The van der Waals surface area contributed by atoms with Gasteiger partial charge >= 0.3 is 0 Å². The third-order valence-corrected chi connectivity index (χ3v) is 7.50. The molecule has 0 aromatic rings.